The zero-order chi connectivity index (χ0) is 9.68. The molecule has 0 saturated heterocycles. The molecule has 0 unspecified atom stereocenters. The predicted octanol–water partition coefficient (Wildman–Crippen LogP) is 2.01. The third-order valence-corrected chi connectivity index (χ3v) is 1.79. The van der Waals surface area contributed by atoms with Crippen molar-refractivity contribution in [2.45, 2.75) is 6.92 Å². The van der Waals surface area contributed by atoms with E-state index in [1.807, 2.05) is 31.2 Å². The number of rotatable bonds is 3. The highest BCUT2D eigenvalue weighted by Gasteiger charge is 1.98. The Kier molecular flexibility index (Phi) is 3.53. The van der Waals surface area contributed by atoms with Crippen LogP contribution >= 0.6 is 0 Å². The van der Waals surface area contributed by atoms with Gasteiger partial charge in [-0.2, -0.15) is 0 Å². The molecule has 0 bridgehead atoms. The second kappa shape index (κ2) is 4.67. The predicted molar refractivity (Wildman–Crippen MR) is 53.9 cm³/mol. The Morgan fingerprint density at radius 1 is 1.46 bits per heavy atom. The van der Waals surface area contributed by atoms with Gasteiger partial charge in [-0.05, 0) is 19.1 Å². The van der Waals surface area contributed by atoms with Crippen LogP contribution < -0.4 is 4.74 Å². The van der Waals surface area contributed by atoms with E-state index in [4.69, 9.17) is 9.84 Å². The van der Waals surface area contributed by atoms with Gasteiger partial charge in [-0.3, -0.25) is 0 Å². The van der Waals surface area contributed by atoms with Crippen molar-refractivity contribution in [3.63, 3.8) is 0 Å². The first-order valence-corrected chi connectivity index (χ1v) is 4.20. The van der Waals surface area contributed by atoms with Gasteiger partial charge in [-0.25, -0.2) is 0 Å². The van der Waals surface area contributed by atoms with Crippen molar-refractivity contribution in [1.29, 1.82) is 0 Å². The Morgan fingerprint density at radius 2 is 2.23 bits per heavy atom. The molecule has 13 heavy (non-hydrogen) atoms. The zero-order valence-corrected chi connectivity index (χ0v) is 7.95. The van der Waals surface area contributed by atoms with E-state index in [1.54, 1.807) is 13.2 Å². The van der Waals surface area contributed by atoms with Crippen molar-refractivity contribution >= 4 is 6.08 Å². The number of benzene rings is 1. The first-order valence-electron chi connectivity index (χ1n) is 4.20. The molecular formula is C11H14O2. The molecule has 2 heteroatoms. The van der Waals surface area contributed by atoms with Gasteiger partial charge >= 0.3 is 0 Å². The SMILES string of the molecule is COc1ccc(C)cc1C=CCO. The molecule has 1 aromatic rings. The lowest BCUT2D eigenvalue weighted by Crippen LogP contribution is -1.87. The normalized spacial score (nSPS) is 10.7. The molecule has 1 N–H and O–H groups in total. The second-order valence-corrected chi connectivity index (χ2v) is 2.83. The summed E-state index contributed by atoms with van der Waals surface area (Å²) in [6.07, 6.45) is 3.54. The number of methoxy groups -OCH3 is 1. The van der Waals surface area contributed by atoms with Crippen molar-refractivity contribution in [2.24, 2.45) is 0 Å². The fraction of sp³-hybridized carbons (Fsp3) is 0.273. The first kappa shape index (κ1) is 9.81. The molecule has 0 spiro atoms. The second-order valence-electron chi connectivity index (χ2n) is 2.83. The van der Waals surface area contributed by atoms with Gasteiger partial charge in [0, 0.05) is 5.56 Å². The standard InChI is InChI=1S/C11H14O2/c1-9-5-6-11(13-2)10(8-9)4-3-7-12/h3-6,8,12H,7H2,1-2H3. The van der Waals surface area contributed by atoms with Crippen LogP contribution in [0.25, 0.3) is 6.08 Å². The number of hydrogen-bond acceptors (Lipinski definition) is 2. The summed E-state index contributed by atoms with van der Waals surface area (Å²) in [5.74, 6) is 0.829. The van der Waals surface area contributed by atoms with Gasteiger partial charge in [0.2, 0.25) is 0 Å². The average Bonchev–Trinajstić information content (AvgIpc) is 2.15. The highest BCUT2D eigenvalue weighted by Crippen LogP contribution is 2.20. The molecule has 0 atom stereocenters. The van der Waals surface area contributed by atoms with Gasteiger partial charge in [0.1, 0.15) is 5.75 Å². The first-order chi connectivity index (χ1) is 6.27. The Morgan fingerprint density at radius 3 is 2.85 bits per heavy atom. The Hall–Kier alpha value is -1.28. The van der Waals surface area contributed by atoms with Gasteiger partial charge in [0.25, 0.3) is 0 Å². The van der Waals surface area contributed by atoms with Crippen molar-refractivity contribution in [3.8, 4) is 5.75 Å². The minimum Gasteiger partial charge on any atom is -0.496 e. The lowest BCUT2D eigenvalue weighted by molar-refractivity contribution is 0.343. The number of aryl methyl sites for hydroxylation is 1. The summed E-state index contributed by atoms with van der Waals surface area (Å²) in [7, 11) is 1.64. The maximum atomic E-state index is 8.63. The molecule has 0 amide bonds. The average molecular weight is 178 g/mol. The van der Waals surface area contributed by atoms with Crippen LogP contribution in [-0.2, 0) is 0 Å². The Balaban J connectivity index is 3.01. The van der Waals surface area contributed by atoms with Gasteiger partial charge in [-0.15, -0.1) is 0 Å². The van der Waals surface area contributed by atoms with Crippen LogP contribution in [0.5, 0.6) is 5.75 Å². The van der Waals surface area contributed by atoms with Crippen LogP contribution in [0.4, 0.5) is 0 Å². The van der Waals surface area contributed by atoms with E-state index in [0.717, 1.165) is 11.3 Å². The summed E-state index contributed by atoms with van der Waals surface area (Å²) in [6, 6.07) is 5.94. The van der Waals surface area contributed by atoms with E-state index in [2.05, 4.69) is 0 Å². The number of ether oxygens (including phenoxy) is 1. The molecule has 2 nitrogen and oxygen atoms in total. The van der Waals surface area contributed by atoms with Crippen LogP contribution in [0.1, 0.15) is 11.1 Å². The quantitative estimate of drug-likeness (QED) is 0.767. The van der Waals surface area contributed by atoms with E-state index in [9.17, 15) is 0 Å². The maximum absolute atomic E-state index is 8.63. The van der Waals surface area contributed by atoms with E-state index >= 15 is 0 Å². The van der Waals surface area contributed by atoms with E-state index < -0.39 is 0 Å². The summed E-state index contributed by atoms with van der Waals surface area (Å²) in [5, 5.41) is 8.63. The van der Waals surface area contributed by atoms with Crippen LogP contribution in [0.15, 0.2) is 24.3 Å². The van der Waals surface area contributed by atoms with E-state index in [-0.39, 0.29) is 6.61 Å². The number of aliphatic hydroxyl groups is 1. The Labute approximate surface area is 78.5 Å². The fourth-order valence-electron chi connectivity index (χ4n) is 1.16. The molecule has 0 aliphatic rings. The summed E-state index contributed by atoms with van der Waals surface area (Å²) in [4.78, 5) is 0. The lowest BCUT2D eigenvalue weighted by Gasteiger charge is -2.04. The van der Waals surface area contributed by atoms with Gasteiger partial charge in [-0.1, -0.05) is 23.8 Å². The van der Waals surface area contributed by atoms with Crippen molar-refractivity contribution in [1.82, 2.24) is 0 Å². The van der Waals surface area contributed by atoms with Gasteiger partial charge < -0.3 is 9.84 Å². The lowest BCUT2D eigenvalue weighted by atomic mass is 10.1. The molecule has 1 rings (SSSR count). The van der Waals surface area contributed by atoms with Crippen molar-refractivity contribution in [3.05, 3.63) is 35.4 Å². The minimum absolute atomic E-state index is 0.0527. The molecule has 0 aliphatic carbocycles. The largest absolute Gasteiger partial charge is 0.496 e. The monoisotopic (exact) mass is 178 g/mol. The topological polar surface area (TPSA) is 29.5 Å². The van der Waals surface area contributed by atoms with Gasteiger partial charge in [0.15, 0.2) is 0 Å². The van der Waals surface area contributed by atoms with Crippen molar-refractivity contribution < 1.29 is 9.84 Å². The van der Waals surface area contributed by atoms with Crippen LogP contribution in [0.2, 0.25) is 0 Å². The molecule has 1 aromatic carbocycles. The van der Waals surface area contributed by atoms with Crippen molar-refractivity contribution in [2.75, 3.05) is 13.7 Å². The minimum atomic E-state index is 0.0527. The van der Waals surface area contributed by atoms with Crippen LogP contribution in [0.3, 0.4) is 0 Å². The van der Waals surface area contributed by atoms with Crippen LogP contribution in [-0.4, -0.2) is 18.8 Å². The van der Waals surface area contributed by atoms with E-state index in [1.165, 1.54) is 5.56 Å². The Bertz CT molecular complexity index is 303. The fourth-order valence-corrected chi connectivity index (χ4v) is 1.16. The molecule has 0 aromatic heterocycles. The molecule has 0 heterocycles. The molecule has 70 valence electrons. The molecule has 0 radical (unpaired) electrons. The number of aliphatic hydroxyl groups excluding tert-OH is 1. The van der Waals surface area contributed by atoms with Gasteiger partial charge in [0.05, 0.1) is 13.7 Å². The molecule has 0 fully saturated rings. The summed E-state index contributed by atoms with van der Waals surface area (Å²) < 4.78 is 5.16. The summed E-state index contributed by atoms with van der Waals surface area (Å²) in [6.45, 7) is 2.08. The zero-order valence-electron chi connectivity index (χ0n) is 7.95. The highest BCUT2D eigenvalue weighted by atomic mass is 16.5. The maximum Gasteiger partial charge on any atom is 0.126 e. The third-order valence-electron chi connectivity index (χ3n) is 1.79. The summed E-state index contributed by atoms with van der Waals surface area (Å²) in [5.41, 5.74) is 2.18. The smallest absolute Gasteiger partial charge is 0.126 e. The molecule has 0 aliphatic heterocycles. The summed E-state index contributed by atoms with van der Waals surface area (Å²) >= 11 is 0. The molecule has 0 saturated carbocycles. The van der Waals surface area contributed by atoms with Crippen LogP contribution in [0, 0.1) is 6.92 Å². The molecular weight excluding hydrogens is 164 g/mol. The number of hydrogen-bond donors (Lipinski definition) is 1. The highest BCUT2D eigenvalue weighted by molar-refractivity contribution is 5.58. The van der Waals surface area contributed by atoms with E-state index in [0.29, 0.717) is 0 Å². The third kappa shape index (κ3) is 2.60.